The Kier molecular flexibility index (Phi) is 3.82. The first-order valence-electron chi connectivity index (χ1n) is 7.82. The van der Waals surface area contributed by atoms with E-state index in [4.69, 9.17) is 9.47 Å². The number of aromatic nitrogens is 1. The lowest BCUT2D eigenvalue weighted by Crippen LogP contribution is -2.38. The molecule has 0 spiro atoms. The van der Waals surface area contributed by atoms with Crippen LogP contribution in [-0.4, -0.2) is 24.2 Å². The fraction of sp³-hybridized carbons (Fsp3) is 0.211. The summed E-state index contributed by atoms with van der Waals surface area (Å²) in [5.74, 6) is 1.64. The molecule has 0 bridgehead atoms. The van der Waals surface area contributed by atoms with Crippen LogP contribution >= 0.6 is 0 Å². The van der Waals surface area contributed by atoms with Gasteiger partial charge in [0.25, 0.3) is 0 Å². The molecule has 1 N–H and O–H groups in total. The van der Waals surface area contributed by atoms with E-state index in [1.807, 2.05) is 36.5 Å². The van der Waals surface area contributed by atoms with Gasteiger partial charge in [-0.05, 0) is 23.8 Å². The first-order chi connectivity index (χ1) is 11.4. The third kappa shape index (κ3) is 2.98. The molecule has 1 aromatic heterocycles. The van der Waals surface area contributed by atoms with Crippen LogP contribution in [0.25, 0.3) is 10.9 Å². The molecule has 1 aliphatic rings. The zero-order valence-corrected chi connectivity index (χ0v) is 12.7. The zero-order chi connectivity index (χ0) is 15.5. The van der Waals surface area contributed by atoms with Gasteiger partial charge in [0.15, 0.2) is 11.5 Å². The van der Waals surface area contributed by atoms with Crippen molar-refractivity contribution in [1.82, 2.24) is 10.3 Å². The molecular formula is C19H18N2O2. The van der Waals surface area contributed by atoms with Crippen LogP contribution in [0.5, 0.6) is 11.5 Å². The third-order valence-corrected chi connectivity index (χ3v) is 3.97. The number of ether oxygens (including phenoxy) is 2. The second kappa shape index (κ2) is 6.26. The van der Waals surface area contributed by atoms with Gasteiger partial charge >= 0.3 is 0 Å². The minimum Gasteiger partial charge on any atom is -0.486 e. The number of hydrogen-bond acceptors (Lipinski definition) is 4. The van der Waals surface area contributed by atoms with Crippen molar-refractivity contribution in [3.63, 3.8) is 0 Å². The Labute approximate surface area is 135 Å². The van der Waals surface area contributed by atoms with E-state index in [9.17, 15) is 0 Å². The van der Waals surface area contributed by atoms with E-state index in [1.165, 1.54) is 5.56 Å². The summed E-state index contributed by atoms with van der Waals surface area (Å²) in [5.41, 5.74) is 2.24. The van der Waals surface area contributed by atoms with Gasteiger partial charge in [0, 0.05) is 24.7 Å². The standard InChI is InChI=1S/C19H18N2O2/c1-2-9-18-17(8-1)22-13-16(23-18)12-20-11-15-6-3-5-14-7-4-10-21-19(14)15/h1-10,16,20H,11-13H2/t16-/m0/s1. The van der Waals surface area contributed by atoms with Crippen LogP contribution in [0.3, 0.4) is 0 Å². The largest absolute Gasteiger partial charge is 0.486 e. The average Bonchev–Trinajstić information content (AvgIpc) is 2.62. The second-order valence-corrected chi connectivity index (χ2v) is 5.62. The highest BCUT2D eigenvalue weighted by molar-refractivity contribution is 5.81. The van der Waals surface area contributed by atoms with Gasteiger partial charge in [-0.2, -0.15) is 0 Å². The minimum absolute atomic E-state index is 0.0211. The molecule has 2 aromatic carbocycles. The van der Waals surface area contributed by atoms with Crippen molar-refractivity contribution in [2.75, 3.05) is 13.2 Å². The summed E-state index contributed by atoms with van der Waals surface area (Å²) in [6.07, 6.45) is 1.86. The van der Waals surface area contributed by atoms with Crippen LogP contribution in [0, 0.1) is 0 Å². The van der Waals surface area contributed by atoms with Gasteiger partial charge in [-0.3, -0.25) is 4.98 Å². The van der Waals surface area contributed by atoms with Gasteiger partial charge in [-0.25, -0.2) is 0 Å². The van der Waals surface area contributed by atoms with Crippen molar-refractivity contribution >= 4 is 10.9 Å². The van der Waals surface area contributed by atoms with Gasteiger partial charge < -0.3 is 14.8 Å². The number of pyridine rings is 1. The number of nitrogens with one attached hydrogen (secondary N) is 1. The number of fused-ring (bicyclic) bond motifs is 2. The quantitative estimate of drug-likeness (QED) is 0.804. The van der Waals surface area contributed by atoms with Crippen molar-refractivity contribution in [2.24, 2.45) is 0 Å². The lowest BCUT2D eigenvalue weighted by molar-refractivity contribution is 0.0902. The van der Waals surface area contributed by atoms with Gasteiger partial charge in [-0.15, -0.1) is 0 Å². The molecule has 0 saturated carbocycles. The maximum atomic E-state index is 5.95. The molecular weight excluding hydrogens is 288 g/mol. The number of benzene rings is 2. The van der Waals surface area contributed by atoms with E-state index in [0.717, 1.165) is 35.5 Å². The normalized spacial score (nSPS) is 16.4. The lowest BCUT2D eigenvalue weighted by Gasteiger charge is -2.26. The van der Waals surface area contributed by atoms with E-state index in [-0.39, 0.29) is 6.10 Å². The number of nitrogens with zero attached hydrogens (tertiary/aromatic N) is 1. The lowest BCUT2D eigenvalue weighted by atomic mass is 10.1. The summed E-state index contributed by atoms with van der Waals surface area (Å²) in [6.45, 7) is 2.06. The van der Waals surface area contributed by atoms with Gasteiger partial charge in [0.05, 0.1) is 5.52 Å². The highest BCUT2D eigenvalue weighted by Gasteiger charge is 2.20. The van der Waals surface area contributed by atoms with E-state index >= 15 is 0 Å². The van der Waals surface area contributed by atoms with Crippen LogP contribution in [0.4, 0.5) is 0 Å². The minimum atomic E-state index is 0.0211. The molecule has 0 saturated heterocycles. The molecule has 1 atom stereocenters. The molecule has 2 heterocycles. The average molecular weight is 306 g/mol. The number of para-hydroxylation sites is 3. The monoisotopic (exact) mass is 306 g/mol. The van der Waals surface area contributed by atoms with E-state index in [0.29, 0.717) is 6.61 Å². The fourth-order valence-electron chi connectivity index (χ4n) is 2.84. The smallest absolute Gasteiger partial charge is 0.161 e. The van der Waals surface area contributed by atoms with E-state index in [1.54, 1.807) is 0 Å². The molecule has 0 amide bonds. The van der Waals surface area contributed by atoms with E-state index < -0.39 is 0 Å². The Morgan fingerprint density at radius 2 is 1.87 bits per heavy atom. The molecule has 0 fully saturated rings. The molecule has 0 aliphatic carbocycles. The molecule has 1 aliphatic heterocycles. The topological polar surface area (TPSA) is 43.4 Å². The summed E-state index contributed by atoms with van der Waals surface area (Å²) in [5, 5.41) is 4.61. The van der Waals surface area contributed by atoms with Crippen molar-refractivity contribution in [3.05, 3.63) is 66.4 Å². The highest BCUT2D eigenvalue weighted by Crippen LogP contribution is 2.30. The first kappa shape index (κ1) is 14.0. The molecule has 0 radical (unpaired) electrons. The maximum Gasteiger partial charge on any atom is 0.161 e. The van der Waals surface area contributed by atoms with Gasteiger partial charge in [0.2, 0.25) is 0 Å². The van der Waals surface area contributed by atoms with Gasteiger partial charge in [0.1, 0.15) is 12.7 Å². The Morgan fingerprint density at radius 3 is 2.83 bits per heavy atom. The Bertz CT molecular complexity index is 814. The van der Waals surface area contributed by atoms with Crippen molar-refractivity contribution in [1.29, 1.82) is 0 Å². The zero-order valence-electron chi connectivity index (χ0n) is 12.7. The van der Waals surface area contributed by atoms with Gasteiger partial charge in [-0.1, -0.05) is 36.4 Å². The summed E-state index contributed by atoms with van der Waals surface area (Å²) >= 11 is 0. The summed E-state index contributed by atoms with van der Waals surface area (Å²) in [4.78, 5) is 4.48. The maximum absolute atomic E-state index is 5.95. The predicted octanol–water partition coefficient (Wildman–Crippen LogP) is 3.16. The highest BCUT2D eigenvalue weighted by atomic mass is 16.6. The molecule has 4 nitrogen and oxygen atoms in total. The Balaban J connectivity index is 1.39. The molecule has 3 aromatic rings. The van der Waals surface area contributed by atoms with Crippen LogP contribution in [0.2, 0.25) is 0 Å². The predicted molar refractivity (Wildman–Crippen MR) is 89.8 cm³/mol. The molecule has 0 unspecified atom stereocenters. The summed E-state index contributed by atoms with van der Waals surface area (Å²) < 4.78 is 11.7. The number of hydrogen-bond donors (Lipinski definition) is 1. The number of rotatable bonds is 4. The van der Waals surface area contributed by atoms with Crippen molar-refractivity contribution < 1.29 is 9.47 Å². The molecule has 23 heavy (non-hydrogen) atoms. The molecule has 116 valence electrons. The van der Waals surface area contributed by atoms with Crippen LogP contribution in [-0.2, 0) is 6.54 Å². The summed E-state index contributed by atoms with van der Waals surface area (Å²) in [7, 11) is 0. The van der Waals surface area contributed by atoms with E-state index in [2.05, 4.69) is 34.6 Å². The Hall–Kier alpha value is -2.59. The van der Waals surface area contributed by atoms with Crippen LogP contribution < -0.4 is 14.8 Å². The van der Waals surface area contributed by atoms with Crippen molar-refractivity contribution in [2.45, 2.75) is 12.6 Å². The third-order valence-electron chi connectivity index (χ3n) is 3.97. The SMILES string of the molecule is c1ccc2c(c1)OC[C@H](CNCc1cccc3cccnc13)O2. The van der Waals surface area contributed by atoms with Crippen LogP contribution in [0.1, 0.15) is 5.56 Å². The first-order valence-corrected chi connectivity index (χ1v) is 7.82. The molecule has 4 rings (SSSR count). The Morgan fingerprint density at radius 1 is 1.00 bits per heavy atom. The second-order valence-electron chi connectivity index (χ2n) is 5.62. The van der Waals surface area contributed by atoms with Crippen LogP contribution in [0.15, 0.2) is 60.8 Å². The van der Waals surface area contributed by atoms with Crippen molar-refractivity contribution in [3.8, 4) is 11.5 Å². The summed E-state index contributed by atoms with van der Waals surface area (Å²) in [6, 6.07) is 18.1. The fourth-order valence-corrected chi connectivity index (χ4v) is 2.84. The molecule has 4 heteroatoms.